The summed E-state index contributed by atoms with van der Waals surface area (Å²) in [5.41, 5.74) is 8.49. The molecule has 0 aliphatic rings. The van der Waals surface area contributed by atoms with Crippen molar-refractivity contribution in [3.63, 3.8) is 0 Å². The van der Waals surface area contributed by atoms with Gasteiger partial charge in [-0.3, -0.25) is 4.98 Å². The maximum atomic E-state index is 5.58. The topological polar surface area (TPSA) is 38.9 Å². The van der Waals surface area contributed by atoms with Gasteiger partial charge in [0.15, 0.2) is 0 Å². The van der Waals surface area contributed by atoms with E-state index in [1.54, 1.807) is 6.20 Å². The number of rotatable bonds is 0. The molecule has 2 nitrogen and oxygen atoms in total. The highest BCUT2D eigenvalue weighted by Gasteiger charge is 1.94. The molecule has 0 unspecified atom stereocenters. The number of anilines is 1. The van der Waals surface area contributed by atoms with Crippen molar-refractivity contribution in [2.45, 2.75) is 27.7 Å². The zero-order chi connectivity index (χ0) is 8.85. The molecule has 2 heteroatoms. The minimum atomic E-state index is 0.822. The first-order chi connectivity index (χ1) is 5.22. The summed E-state index contributed by atoms with van der Waals surface area (Å²) in [5.74, 6) is 0. The number of pyridine rings is 1. The zero-order valence-electron chi connectivity index (χ0n) is 7.68. The molecule has 1 heterocycles. The van der Waals surface area contributed by atoms with Crippen LogP contribution < -0.4 is 5.73 Å². The molecule has 0 saturated heterocycles. The van der Waals surface area contributed by atoms with Crippen LogP contribution in [0.15, 0.2) is 12.3 Å². The van der Waals surface area contributed by atoms with Crippen molar-refractivity contribution >= 4 is 5.69 Å². The summed E-state index contributed by atoms with van der Waals surface area (Å²) < 4.78 is 0. The van der Waals surface area contributed by atoms with Gasteiger partial charge in [0.25, 0.3) is 0 Å². The Morgan fingerprint density at radius 2 is 1.82 bits per heavy atom. The van der Waals surface area contributed by atoms with E-state index in [4.69, 9.17) is 5.73 Å². The van der Waals surface area contributed by atoms with Crippen LogP contribution in [0.25, 0.3) is 0 Å². The molecule has 62 valence electrons. The van der Waals surface area contributed by atoms with E-state index in [2.05, 4.69) is 4.98 Å². The number of nitrogens with two attached hydrogens (primary N) is 1. The maximum absolute atomic E-state index is 5.58. The Kier molecular flexibility index (Phi) is 4.27. The van der Waals surface area contributed by atoms with Crippen molar-refractivity contribution in [1.29, 1.82) is 0 Å². The lowest BCUT2D eigenvalue weighted by Gasteiger charge is -1.99. The lowest BCUT2D eigenvalue weighted by molar-refractivity contribution is 1.15. The standard InChI is InChI=1S/C7H10N2.C2H6/c1-5-6(2)9-4-3-7(5)8;1-2/h3-4H,1-2H3,(H2,8,9);1-2H3. The van der Waals surface area contributed by atoms with Crippen molar-refractivity contribution in [3.8, 4) is 0 Å². The van der Waals surface area contributed by atoms with E-state index >= 15 is 0 Å². The van der Waals surface area contributed by atoms with Crippen LogP contribution in [0, 0.1) is 13.8 Å². The lowest BCUT2D eigenvalue weighted by Crippen LogP contribution is -1.93. The van der Waals surface area contributed by atoms with Gasteiger partial charge >= 0.3 is 0 Å². The molecule has 0 spiro atoms. The summed E-state index contributed by atoms with van der Waals surface area (Å²) in [6.45, 7) is 7.92. The number of hydrogen-bond donors (Lipinski definition) is 1. The Labute approximate surface area is 68.5 Å². The number of aromatic nitrogens is 1. The first-order valence-corrected chi connectivity index (χ1v) is 3.89. The molecule has 0 bridgehead atoms. The third-order valence-corrected chi connectivity index (χ3v) is 1.50. The minimum Gasteiger partial charge on any atom is -0.398 e. The van der Waals surface area contributed by atoms with Crippen LogP contribution in [0.4, 0.5) is 5.69 Å². The van der Waals surface area contributed by atoms with Crippen molar-refractivity contribution in [2.75, 3.05) is 5.73 Å². The normalized spacial score (nSPS) is 8.36. The van der Waals surface area contributed by atoms with E-state index in [0.717, 1.165) is 16.9 Å². The van der Waals surface area contributed by atoms with Crippen molar-refractivity contribution in [1.82, 2.24) is 4.98 Å². The molecule has 0 aromatic carbocycles. The monoisotopic (exact) mass is 152 g/mol. The molecular formula is C9H16N2. The molecule has 0 atom stereocenters. The van der Waals surface area contributed by atoms with E-state index in [1.165, 1.54) is 0 Å². The number of hydrogen-bond acceptors (Lipinski definition) is 2. The largest absolute Gasteiger partial charge is 0.398 e. The van der Waals surface area contributed by atoms with Gasteiger partial charge < -0.3 is 5.73 Å². The Morgan fingerprint density at radius 1 is 1.27 bits per heavy atom. The van der Waals surface area contributed by atoms with Crippen molar-refractivity contribution < 1.29 is 0 Å². The van der Waals surface area contributed by atoms with Crippen LogP contribution >= 0.6 is 0 Å². The first-order valence-electron chi connectivity index (χ1n) is 3.89. The van der Waals surface area contributed by atoms with E-state index < -0.39 is 0 Å². The Hall–Kier alpha value is -1.05. The van der Waals surface area contributed by atoms with Crippen molar-refractivity contribution in [3.05, 3.63) is 23.5 Å². The minimum absolute atomic E-state index is 0.822. The highest BCUT2D eigenvalue weighted by molar-refractivity contribution is 5.46. The molecule has 1 aromatic rings. The van der Waals surface area contributed by atoms with Gasteiger partial charge in [0.1, 0.15) is 0 Å². The van der Waals surface area contributed by atoms with Crippen LogP contribution in [0.2, 0.25) is 0 Å². The van der Waals surface area contributed by atoms with Gasteiger partial charge in [-0.2, -0.15) is 0 Å². The maximum Gasteiger partial charge on any atom is 0.0422 e. The average Bonchev–Trinajstić information content (AvgIpc) is 2.04. The fourth-order valence-corrected chi connectivity index (χ4v) is 0.660. The summed E-state index contributed by atoms with van der Waals surface area (Å²) in [7, 11) is 0. The van der Waals surface area contributed by atoms with Crippen LogP contribution in [-0.2, 0) is 0 Å². The van der Waals surface area contributed by atoms with Crippen molar-refractivity contribution in [2.24, 2.45) is 0 Å². The molecule has 0 amide bonds. The molecular weight excluding hydrogens is 136 g/mol. The van der Waals surface area contributed by atoms with Crippen LogP contribution in [0.5, 0.6) is 0 Å². The van der Waals surface area contributed by atoms with Gasteiger partial charge in [0.05, 0.1) is 0 Å². The first kappa shape index (κ1) is 9.95. The molecule has 0 aliphatic heterocycles. The third kappa shape index (κ3) is 2.58. The molecule has 11 heavy (non-hydrogen) atoms. The predicted molar refractivity (Wildman–Crippen MR) is 49.5 cm³/mol. The molecule has 0 fully saturated rings. The second-order valence-corrected chi connectivity index (χ2v) is 2.11. The summed E-state index contributed by atoms with van der Waals surface area (Å²) in [5, 5.41) is 0. The highest BCUT2D eigenvalue weighted by atomic mass is 14.7. The summed E-state index contributed by atoms with van der Waals surface area (Å²) >= 11 is 0. The second-order valence-electron chi connectivity index (χ2n) is 2.11. The Bertz CT molecular complexity index is 199. The van der Waals surface area contributed by atoms with E-state index in [0.29, 0.717) is 0 Å². The Balaban J connectivity index is 0.000000461. The summed E-state index contributed by atoms with van der Waals surface area (Å²) in [4.78, 5) is 4.06. The average molecular weight is 152 g/mol. The van der Waals surface area contributed by atoms with E-state index in [-0.39, 0.29) is 0 Å². The van der Waals surface area contributed by atoms with Crippen LogP contribution in [0.1, 0.15) is 25.1 Å². The number of nitrogens with zero attached hydrogens (tertiary/aromatic N) is 1. The van der Waals surface area contributed by atoms with Gasteiger partial charge in [-0.15, -0.1) is 0 Å². The predicted octanol–water partition coefficient (Wildman–Crippen LogP) is 2.31. The van der Waals surface area contributed by atoms with Gasteiger partial charge in [-0.25, -0.2) is 0 Å². The summed E-state index contributed by atoms with van der Waals surface area (Å²) in [6, 6.07) is 1.81. The third-order valence-electron chi connectivity index (χ3n) is 1.50. The quantitative estimate of drug-likeness (QED) is 0.619. The Morgan fingerprint density at radius 3 is 2.18 bits per heavy atom. The fourth-order valence-electron chi connectivity index (χ4n) is 0.660. The smallest absolute Gasteiger partial charge is 0.0422 e. The molecule has 0 saturated carbocycles. The summed E-state index contributed by atoms with van der Waals surface area (Å²) in [6.07, 6.45) is 1.72. The van der Waals surface area contributed by atoms with Gasteiger partial charge in [0, 0.05) is 17.6 Å². The van der Waals surface area contributed by atoms with Gasteiger partial charge in [-0.1, -0.05) is 13.8 Å². The lowest BCUT2D eigenvalue weighted by atomic mass is 10.2. The zero-order valence-corrected chi connectivity index (χ0v) is 7.68. The molecule has 0 aliphatic carbocycles. The fraction of sp³-hybridized carbons (Fsp3) is 0.444. The molecule has 1 aromatic heterocycles. The molecule has 0 radical (unpaired) electrons. The second kappa shape index (κ2) is 4.72. The van der Waals surface area contributed by atoms with Crippen LogP contribution in [-0.4, -0.2) is 4.98 Å². The molecule has 1 rings (SSSR count). The number of aryl methyl sites for hydroxylation is 1. The van der Waals surface area contributed by atoms with Gasteiger partial charge in [0.2, 0.25) is 0 Å². The van der Waals surface area contributed by atoms with E-state index in [9.17, 15) is 0 Å². The number of nitrogen functional groups attached to an aromatic ring is 1. The van der Waals surface area contributed by atoms with Crippen LogP contribution in [0.3, 0.4) is 0 Å². The van der Waals surface area contributed by atoms with E-state index in [1.807, 2.05) is 33.8 Å². The SMILES string of the molecule is CC.Cc1nccc(N)c1C. The molecule has 2 N–H and O–H groups in total. The van der Waals surface area contributed by atoms with Gasteiger partial charge in [-0.05, 0) is 25.5 Å². The highest BCUT2D eigenvalue weighted by Crippen LogP contribution is 2.10.